The van der Waals surface area contributed by atoms with Crippen LogP contribution < -0.4 is 0 Å². The number of halogens is 1. The van der Waals surface area contributed by atoms with Crippen LogP contribution in [0.3, 0.4) is 0 Å². The van der Waals surface area contributed by atoms with Gasteiger partial charge in [0, 0.05) is 17.1 Å². The molecule has 2 aromatic rings. The van der Waals surface area contributed by atoms with Crippen LogP contribution in [0.2, 0.25) is 0 Å². The quantitative estimate of drug-likeness (QED) is 0.430. The summed E-state index contributed by atoms with van der Waals surface area (Å²) >= 11 is 2.38. The summed E-state index contributed by atoms with van der Waals surface area (Å²) in [7, 11) is 4.21. The summed E-state index contributed by atoms with van der Waals surface area (Å²) in [6.45, 7) is 2.22. The Labute approximate surface area is 129 Å². The summed E-state index contributed by atoms with van der Waals surface area (Å²) in [6, 6.07) is 17.0. The van der Waals surface area contributed by atoms with Crippen molar-refractivity contribution in [2.24, 2.45) is 0 Å². The molecule has 0 heterocycles. The number of nitrogens with zero attached hydrogens (tertiary/aromatic N) is 1. The third-order valence-electron chi connectivity index (χ3n) is 2.57. The predicted molar refractivity (Wildman–Crippen MR) is 78.9 cm³/mol. The molecule has 0 bridgehead atoms. The second-order valence-electron chi connectivity index (χ2n) is 3.93. The van der Waals surface area contributed by atoms with Gasteiger partial charge in [-0.15, -0.1) is 9.13 Å². The van der Waals surface area contributed by atoms with Crippen molar-refractivity contribution >= 4 is 22.6 Å². The van der Waals surface area contributed by atoms with Gasteiger partial charge in [-0.1, -0.05) is 29.5 Å². The van der Waals surface area contributed by atoms with E-state index in [1.165, 1.54) is 9.13 Å². The van der Waals surface area contributed by atoms with Crippen LogP contribution in [0.25, 0.3) is 0 Å². The van der Waals surface area contributed by atoms with E-state index in [0.717, 1.165) is 0 Å². The molecule has 0 aromatic heterocycles. The van der Waals surface area contributed by atoms with Crippen molar-refractivity contribution in [2.75, 3.05) is 14.1 Å². The van der Waals surface area contributed by atoms with Gasteiger partial charge in [0.25, 0.3) is 0 Å². The Morgan fingerprint density at radius 2 is 1.65 bits per heavy atom. The SMILES string of the molecule is C[C@@H]([c-]1cccc1I)N(C)C.[Fe].[cH-]1[cH-][cH-][cH-][cH-]1. The van der Waals surface area contributed by atoms with E-state index < -0.39 is 0 Å². The molecule has 1 nitrogen and oxygen atoms in total. The molecule has 0 aliphatic carbocycles. The van der Waals surface area contributed by atoms with Crippen molar-refractivity contribution in [1.29, 1.82) is 0 Å². The maximum atomic E-state index is 2.38. The van der Waals surface area contributed by atoms with E-state index in [1.54, 1.807) is 0 Å². The van der Waals surface area contributed by atoms with Gasteiger partial charge in [-0.3, -0.25) is 0 Å². The fourth-order valence-electron chi connectivity index (χ4n) is 1.35. The van der Waals surface area contributed by atoms with E-state index in [1.807, 2.05) is 30.3 Å². The molecular formula is C14H18FeIN-6. The fraction of sp³-hybridized carbons (Fsp3) is 0.286. The van der Waals surface area contributed by atoms with Gasteiger partial charge in [-0.25, -0.2) is 12.1 Å². The number of hydrogen-bond acceptors (Lipinski definition) is 1. The fourth-order valence-corrected chi connectivity index (χ4v) is 2.19. The van der Waals surface area contributed by atoms with E-state index >= 15 is 0 Å². The Balaban J connectivity index is 0.000000360. The van der Waals surface area contributed by atoms with Crippen LogP contribution in [0.15, 0.2) is 48.5 Å². The Hall–Kier alpha value is -0.0905. The topological polar surface area (TPSA) is 3.24 Å². The molecule has 0 unspecified atom stereocenters. The summed E-state index contributed by atoms with van der Waals surface area (Å²) in [5.41, 5.74) is 1.43. The van der Waals surface area contributed by atoms with Crippen LogP contribution in [-0.4, -0.2) is 19.0 Å². The summed E-state index contributed by atoms with van der Waals surface area (Å²) in [4.78, 5) is 2.22. The summed E-state index contributed by atoms with van der Waals surface area (Å²) in [5.74, 6) is 0. The first-order valence-electron chi connectivity index (χ1n) is 5.37. The third kappa shape index (κ3) is 5.86. The van der Waals surface area contributed by atoms with Crippen LogP contribution in [0.1, 0.15) is 18.5 Å². The standard InChI is InChI=1S/C9H13IN.C5H5.Fe/c1-7(11(2)3)8-5-4-6-9(8)10;1-2-4-5-3-1;/h4-7H,1-3H3;1-5H;/q-1;-5;/t7-;;/m0../s1. The predicted octanol–water partition coefficient (Wildman–Crippen LogP) is 4.04. The van der Waals surface area contributed by atoms with Gasteiger partial charge in [0.15, 0.2) is 0 Å². The maximum Gasteiger partial charge on any atom is 0 e. The molecule has 0 aliphatic heterocycles. The molecule has 0 fully saturated rings. The third-order valence-corrected chi connectivity index (χ3v) is 3.56. The minimum Gasteiger partial charge on any atom is -0.748 e. The Kier molecular flexibility index (Phi) is 8.87. The smallest absolute Gasteiger partial charge is 0 e. The van der Waals surface area contributed by atoms with Gasteiger partial charge < -0.3 is 35.2 Å². The van der Waals surface area contributed by atoms with Gasteiger partial charge in [0.05, 0.1) is 0 Å². The average molecular weight is 383 g/mol. The van der Waals surface area contributed by atoms with Crippen molar-refractivity contribution in [2.45, 2.75) is 13.0 Å². The largest absolute Gasteiger partial charge is 0.748 e. The first-order valence-corrected chi connectivity index (χ1v) is 6.45. The van der Waals surface area contributed by atoms with E-state index in [2.05, 4.69) is 66.7 Å². The van der Waals surface area contributed by atoms with Crippen molar-refractivity contribution in [3.63, 3.8) is 0 Å². The van der Waals surface area contributed by atoms with Gasteiger partial charge in [0.2, 0.25) is 0 Å². The van der Waals surface area contributed by atoms with Crippen molar-refractivity contribution in [3.05, 3.63) is 57.7 Å². The van der Waals surface area contributed by atoms with Crippen LogP contribution in [0, 0.1) is 3.57 Å². The van der Waals surface area contributed by atoms with Gasteiger partial charge >= 0.3 is 0 Å². The molecule has 0 saturated heterocycles. The normalized spacial score (nSPS) is 11.4. The van der Waals surface area contributed by atoms with E-state index in [4.69, 9.17) is 0 Å². The first-order chi connectivity index (χ1) is 7.63. The summed E-state index contributed by atoms with van der Waals surface area (Å²) < 4.78 is 1.36. The molecule has 0 saturated carbocycles. The monoisotopic (exact) mass is 383 g/mol. The second-order valence-corrected chi connectivity index (χ2v) is 5.09. The van der Waals surface area contributed by atoms with E-state index in [-0.39, 0.29) is 17.1 Å². The molecule has 0 spiro atoms. The van der Waals surface area contributed by atoms with Crippen molar-refractivity contribution in [1.82, 2.24) is 4.90 Å². The molecule has 2 aromatic carbocycles. The summed E-state index contributed by atoms with van der Waals surface area (Å²) in [6.07, 6.45) is 0. The zero-order valence-electron chi connectivity index (χ0n) is 10.4. The summed E-state index contributed by atoms with van der Waals surface area (Å²) in [5, 5.41) is 0. The zero-order chi connectivity index (χ0) is 12.0. The second kappa shape index (κ2) is 8.92. The van der Waals surface area contributed by atoms with Crippen molar-refractivity contribution in [3.8, 4) is 0 Å². The molecule has 0 N–H and O–H groups in total. The van der Waals surface area contributed by atoms with Crippen LogP contribution in [0.5, 0.6) is 0 Å². The molecule has 0 aliphatic rings. The first kappa shape index (κ1) is 16.9. The molecule has 0 amide bonds. The van der Waals surface area contributed by atoms with Crippen molar-refractivity contribution < 1.29 is 17.1 Å². The molecule has 2 rings (SSSR count). The maximum absolute atomic E-state index is 2.38. The zero-order valence-corrected chi connectivity index (χ0v) is 13.6. The Morgan fingerprint density at radius 3 is 1.94 bits per heavy atom. The molecule has 100 valence electrons. The molecular weight excluding hydrogens is 365 g/mol. The average Bonchev–Trinajstić information content (AvgIpc) is 2.89. The van der Waals surface area contributed by atoms with E-state index in [0.29, 0.717) is 6.04 Å². The van der Waals surface area contributed by atoms with Gasteiger partial charge in [-0.2, -0.15) is 6.07 Å². The van der Waals surface area contributed by atoms with Crippen LogP contribution in [0.4, 0.5) is 0 Å². The number of rotatable bonds is 2. The molecule has 0 radical (unpaired) electrons. The molecule has 17 heavy (non-hydrogen) atoms. The van der Waals surface area contributed by atoms with Gasteiger partial charge in [-0.05, 0) is 20.1 Å². The molecule has 3 heteroatoms. The number of hydrogen-bond donors (Lipinski definition) is 0. The van der Waals surface area contributed by atoms with Gasteiger partial charge in [0.1, 0.15) is 0 Å². The Bertz CT molecular complexity index is 361. The minimum atomic E-state index is 0. The minimum absolute atomic E-state index is 0. The van der Waals surface area contributed by atoms with Crippen LogP contribution >= 0.6 is 22.6 Å². The molecule has 1 atom stereocenters. The Morgan fingerprint density at radius 1 is 1.18 bits per heavy atom. The van der Waals surface area contributed by atoms with Crippen LogP contribution in [-0.2, 0) is 17.1 Å². The van der Waals surface area contributed by atoms with E-state index in [9.17, 15) is 0 Å².